The van der Waals surface area contributed by atoms with E-state index in [1.165, 1.54) is 0 Å². The lowest BCUT2D eigenvalue weighted by Gasteiger charge is -2.20. The van der Waals surface area contributed by atoms with Gasteiger partial charge < -0.3 is 29.4 Å². The van der Waals surface area contributed by atoms with Gasteiger partial charge in [0.15, 0.2) is 6.23 Å². The second-order valence-electron chi connectivity index (χ2n) is 5.78. The highest BCUT2D eigenvalue weighted by Crippen LogP contribution is 2.66. The van der Waals surface area contributed by atoms with E-state index in [-0.39, 0.29) is 0 Å². The Kier molecular flexibility index (Phi) is 7.73. The third kappa shape index (κ3) is 6.72. The van der Waals surface area contributed by atoms with Crippen LogP contribution in [0.3, 0.4) is 0 Å². The van der Waals surface area contributed by atoms with Gasteiger partial charge in [-0.3, -0.25) is 23.3 Å². The molecule has 0 spiro atoms. The Bertz CT molecular complexity index is 1020. The second-order valence-corrected chi connectivity index (χ2v) is 10.2. The Morgan fingerprint density at radius 3 is 2.30 bits per heavy atom. The largest absolute Gasteiger partial charge is 0.490 e. The molecule has 0 radical (unpaired) electrons. The highest BCUT2D eigenvalue weighted by atomic mass is 31.3. The summed E-state index contributed by atoms with van der Waals surface area (Å²) in [5.74, 6) is -1.40. The number of alkyl halides is 1. The number of aromatic amines is 1. The normalized spacial score (nSPS) is 28.7. The summed E-state index contributed by atoms with van der Waals surface area (Å²) in [6.45, 7) is -2.27. The van der Waals surface area contributed by atoms with Crippen molar-refractivity contribution in [1.29, 1.82) is 0 Å². The van der Waals surface area contributed by atoms with Gasteiger partial charge in [0, 0.05) is 18.2 Å². The van der Waals surface area contributed by atoms with E-state index in [1.807, 2.05) is 4.98 Å². The van der Waals surface area contributed by atoms with Gasteiger partial charge in [-0.25, -0.2) is 18.5 Å². The number of halogens is 1. The molecule has 30 heavy (non-hydrogen) atoms. The number of aliphatic hydroxyl groups is 1. The number of nitrogens with one attached hydrogen (secondary N) is 1. The van der Waals surface area contributed by atoms with Gasteiger partial charge in [0.1, 0.15) is 6.10 Å². The van der Waals surface area contributed by atoms with Crippen molar-refractivity contribution in [3.8, 4) is 0 Å². The molecule has 20 heteroatoms. The molecule has 0 bridgehead atoms. The summed E-state index contributed by atoms with van der Waals surface area (Å²) in [6, 6.07) is 0.918. The van der Waals surface area contributed by atoms with E-state index >= 15 is 0 Å². The molecule has 172 valence electrons. The highest BCUT2D eigenvalue weighted by Gasteiger charge is 2.47. The van der Waals surface area contributed by atoms with Crippen molar-refractivity contribution in [3.63, 3.8) is 0 Å². The van der Waals surface area contributed by atoms with Gasteiger partial charge in [0.25, 0.3) is 5.56 Å². The maximum atomic E-state index is 13.3. The number of ether oxygens (including phenoxy) is 1. The molecule has 0 aliphatic carbocycles. The minimum atomic E-state index is -5.75. The molecule has 1 aromatic rings. The maximum absolute atomic E-state index is 13.3. The van der Waals surface area contributed by atoms with Gasteiger partial charge in [-0.2, -0.15) is 8.62 Å². The first-order valence-electron chi connectivity index (χ1n) is 7.63. The van der Waals surface area contributed by atoms with Crippen LogP contribution in [-0.2, 0) is 31.6 Å². The number of rotatable bonds is 9. The topological polar surface area (TPSA) is 244 Å². The fourth-order valence-corrected chi connectivity index (χ4v) is 5.50. The van der Waals surface area contributed by atoms with Crippen molar-refractivity contribution >= 4 is 23.5 Å². The standard InChI is InChI=1S/C10H16FN2O14P3/c11-3-5-6(4-24-29(20,21)27-30(22,23)26-28(17,18)19)25-9(8(5)15)13-2-1-7(14)12-10(13)16/h1-2,5-6,8-9,15H,3-4H2,(H,20,21)(H,22,23)(H,12,14,16)(H2,17,18,19). The monoisotopic (exact) mass is 500 g/mol. The summed E-state index contributed by atoms with van der Waals surface area (Å²) in [5, 5.41) is 10.2. The Morgan fingerprint density at radius 2 is 1.77 bits per heavy atom. The van der Waals surface area contributed by atoms with Gasteiger partial charge in [-0.05, 0) is 0 Å². The van der Waals surface area contributed by atoms with E-state index in [4.69, 9.17) is 19.4 Å². The van der Waals surface area contributed by atoms with Crippen LogP contribution < -0.4 is 11.2 Å². The number of hydrogen-bond donors (Lipinski definition) is 6. The highest BCUT2D eigenvalue weighted by molar-refractivity contribution is 7.66. The molecule has 0 saturated carbocycles. The van der Waals surface area contributed by atoms with Crippen LogP contribution in [0.4, 0.5) is 4.39 Å². The molecule has 2 rings (SSSR count). The molecule has 0 aromatic carbocycles. The van der Waals surface area contributed by atoms with Gasteiger partial charge in [-0.1, -0.05) is 0 Å². The quantitative estimate of drug-likeness (QED) is 0.217. The van der Waals surface area contributed by atoms with Crippen LogP contribution in [0.1, 0.15) is 6.23 Å². The molecule has 6 atom stereocenters. The van der Waals surface area contributed by atoms with E-state index < -0.39 is 72.4 Å². The first-order chi connectivity index (χ1) is 13.6. The molecular formula is C10H16FN2O14P3. The van der Waals surface area contributed by atoms with Crippen molar-refractivity contribution in [2.24, 2.45) is 5.92 Å². The molecule has 1 fully saturated rings. The Labute approximate surface area is 165 Å². The SMILES string of the molecule is O=c1ccn(C2OC(COP(=O)(O)OP(=O)(O)OP(=O)(O)O)C(CF)C2O)c(=O)[nH]1. The molecule has 2 heterocycles. The number of aliphatic hydroxyl groups excluding tert-OH is 1. The number of phosphoric acid groups is 3. The van der Waals surface area contributed by atoms with Crippen LogP contribution in [0.5, 0.6) is 0 Å². The summed E-state index contributed by atoms with van der Waals surface area (Å²) in [5.41, 5.74) is -1.76. The van der Waals surface area contributed by atoms with Crippen LogP contribution >= 0.6 is 23.5 Å². The zero-order valence-electron chi connectivity index (χ0n) is 14.5. The molecule has 16 nitrogen and oxygen atoms in total. The molecule has 6 unspecified atom stereocenters. The van der Waals surface area contributed by atoms with Crippen molar-refractivity contribution in [2.45, 2.75) is 18.4 Å². The summed E-state index contributed by atoms with van der Waals surface area (Å²) in [7, 11) is -16.8. The van der Waals surface area contributed by atoms with E-state index in [2.05, 4.69) is 13.1 Å². The lowest BCUT2D eigenvalue weighted by Crippen LogP contribution is -2.36. The Balaban J connectivity index is 2.11. The molecule has 1 aromatic heterocycles. The summed E-state index contributed by atoms with van der Waals surface area (Å²) < 4.78 is 64.3. The molecule has 1 aliphatic rings. The fraction of sp³-hybridized carbons (Fsp3) is 0.600. The van der Waals surface area contributed by atoms with Crippen LogP contribution in [0.2, 0.25) is 0 Å². The molecule has 1 saturated heterocycles. The zero-order valence-corrected chi connectivity index (χ0v) is 17.1. The fourth-order valence-electron chi connectivity index (χ4n) is 2.47. The predicted octanol–water partition coefficient (Wildman–Crippen LogP) is -1.28. The Hall–Kier alpha value is -1.06. The molecule has 1 aliphatic heterocycles. The van der Waals surface area contributed by atoms with Crippen molar-refractivity contribution in [3.05, 3.63) is 33.1 Å². The average molecular weight is 500 g/mol. The van der Waals surface area contributed by atoms with Crippen molar-refractivity contribution < 1.29 is 60.6 Å². The third-order valence-corrected chi connectivity index (χ3v) is 7.45. The Morgan fingerprint density at radius 1 is 1.13 bits per heavy atom. The van der Waals surface area contributed by atoms with E-state index in [0.717, 1.165) is 16.8 Å². The van der Waals surface area contributed by atoms with Gasteiger partial charge in [0.2, 0.25) is 0 Å². The second kappa shape index (κ2) is 9.20. The minimum Gasteiger partial charge on any atom is -0.388 e. The van der Waals surface area contributed by atoms with Gasteiger partial charge >= 0.3 is 29.2 Å². The van der Waals surface area contributed by atoms with Gasteiger partial charge in [-0.15, -0.1) is 0 Å². The number of aromatic nitrogens is 2. The van der Waals surface area contributed by atoms with Gasteiger partial charge in [0.05, 0.1) is 19.4 Å². The van der Waals surface area contributed by atoms with Crippen LogP contribution in [0.25, 0.3) is 0 Å². The molecule has 6 N–H and O–H groups in total. The molecule has 0 amide bonds. The smallest absolute Gasteiger partial charge is 0.388 e. The third-order valence-electron chi connectivity index (χ3n) is 3.64. The van der Waals surface area contributed by atoms with Crippen LogP contribution in [0.15, 0.2) is 21.9 Å². The number of H-pyrrole nitrogens is 1. The number of hydrogen-bond acceptors (Lipinski definition) is 10. The lowest BCUT2D eigenvalue weighted by molar-refractivity contribution is -0.0530. The molecular weight excluding hydrogens is 484 g/mol. The van der Waals surface area contributed by atoms with Crippen LogP contribution in [-0.4, -0.2) is 59.7 Å². The van der Waals surface area contributed by atoms with E-state index in [0.29, 0.717) is 0 Å². The summed E-state index contributed by atoms with van der Waals surface area (Å²) in [4.78, 5) is 60.2. The van der Waals surface area contributed by atoms with E-state index in [1.54, 1.807) is 0 Å². The number of phosphoric ester groups is 1. The first-order valence-corrected chi connectivity index (χ1v) is 12.2. The summed E-state index contributed by atoms with van der Waals surface area (Å²) >= 11 is 0. The van der Waals surface area contributed by atoms with Crippen molar-refractivity contribution in [1.82, 2.24) is 9.55 Å². The summed E-state index contributed by atoms with van der Waals surface area (Å²) in [6.07, 6.45) is -3.73. The number of nitrogens with zero attached hydrogens (tertiary/aromatic N) is 1. The van der Waals surface area contributed by atoms with Crippen molar-refractivity contribution in [2.75, 3.05) is 13.3 Å². The maximum Gasteiger partial charge on any atom is 0.490 e. The lowest BCUT2D eigenvalue weighted by atomic mass is 10.00. The zero-order chi connectivity index (χ0) is 22.9. The predicted molar refractivity (Wildman–Crippen MR) is 90.5 cm³/mol. The minimum absolute atomic E-state index is 0.722. The average Bonchev–Trinajstić information content (AvgIpc) is 2.85. The van der Waals surface area contributed by atoms with Crippen LogP contribution in [0, 0.1) is 5.92 Å². The first kappa shape index (κ1) is 25.2. The van der Waals surface area contributed by atoms with E-state index in [9.17, 15) is 37.7 Å².